The Hall–Kier alpha value is -2.37. The lowest BCUT2D eigenvalue weighted by atomic mass is 9.97. The van der Waals surface area contributed by atoms with Gasteiger partial charge in [0.1, 0.15) is 5.75 Å². The molecule has 0 fully saturated rings. The summed E-state index contributed by atoms with van der Waals surface area (Å²) in [5.74, 6) is 0.888. The number of aromatic nitrogens is 1. The minimum Gasteiger partial charge on any atom is -0.484 e. The van der Waals surface area contributed by atoms with Crippen molar-refractivity contribution >= 4 is 34.0 Å². The van der Waals surface area contributed by atoms with Crippen molar-refractivity contribution in [1.29, 1.82) is 0 Å². The van der Waals surface area contributed by atoms with E-state index in [9.17, 15) is 4.79 Å². The first-order valence-corrected chi connectivity index (χ1v) is 10.0. The average molecular weight is 401 g/mol. The fraction of sp³-hybridized carbons (Fsp3) is 0.238. The van der Waals surface area contributed by atoms with Crippen LogP contribution in [-0.4, -0.2) is 17.5 Å². The van der Waals surface area contributed by atoms with Gasteiger partial charge in [-0.1, -0.05) is 49.7 Å². The van der Waals surface area contributed by atoms with Crippen molar-refractivity contribution in [3.63, 3.8) is 0 Å². The van der Waals surface area contributed by atoms with E-state index >= 15 is 0 Å². The van der Waals surface area contributed by atoms with E-state index in [1.165, 1.54) is 16.9 Å². The van der Waals surface area contributed by atoms with Gasteiger partial charge in [-0.05, 0) is 42.2 Å². The molecule has 0 bridgehead atoms. The molecule has 4 nitrogen and oxygen atoms in total. The molecule has 1 aromatic heterocycles. The highest BCUT2D eigenvalue weighted by Gasteiger charge is 2.10. The third kappa shape index (κ3) is 5.31. The van der Waals surface area contributed by atoms with Crippen LogP contribution in [0.1, 0.15) is 31.7 Å². The molecule has 140 valence electrons. The zero-order valence-corrected chi connectivity index (χ0v) is 16.8. The number of thiazole rings is 1. The summed E-state index contributed by atoms with van der Waals surface area (Å²) >= 11 is 7.22. The number of nitrogens with zero attached hydrogens (tertiary/aromatic N) is 1. The molecule has 1 N–H and O–H groups in total. The lowest BCUT2D eigenvalue weighted by Gasteiger charge is -2.09. The molecule has 0 aliphatic rings. The van der Waals surface area contributed by atoms with Crippen molar-refractivity contribution in [1.82, 2.24) is 4.98 Å². The summed E-state index contributed by atoms with van der Waals surface area (Å²) in [4.78, 5) is 16.6. The van der Waals surface area contributed by atoms with Gasteiger partial charge in [0.25, 0.3) is 5.91 Å². The summed E-state index contributed by atoms with van der Waals surface area (Å²) in [5.41, 5.74) is 3.21. The lowest BCUT2D eigenvalue weighted by molar-refractivity contribution is -0.118. The van der Waals surface area contributed by atoms with Crippen LogP contribution in [0, 0.1) is 0 Å². The van der Waals surface area contributed by atoms with Gasteiger partial charge in [-0.25, -0.2) is 4.98 Å². The normalized spacial score (nSPS) is 11.8. The van der Waals surface area contributed by atoms with Crippen molar-refractivity contribution in [2.45, 2.75) is 26.2 Å². The Bertz CT molecular complexity index is 891. The van der Waals surface area contributed by atoms with Crippen LogP contribution in [-0.2, 0) is 4.79 Å². The quantitative estimate of drug-likeness (QED) is 0.529. The van der Waals surface area contributed by atoms with E-state index in [4.69, 9.17) is 16.3 Å². The second-order valence-electron chi connectivity index (χ2n) is 6.26. The van der Waals surface area contributed by atoms with Crippen LogP contribution in [0.3, 0.4) is 0 Å². The van der Waals surface area contributed by atoms with Crippen molar-refractivity contribution in [2.24, 2.45) is 0 Å². The number of anilines is 1. The van der Waals surface area contributed by atoms with Gasteiger partial charge >= 0.3 is 0 Å². The molecular weight excluding hydrogens is 380 g/mol. The maximum atomic E-state index is 12.1. The van der Waals surface area contributed by atoms with Crippen LogP contribution in [0.25, 0.3) is 11.3 Å². The molecule has 2 aromatic carbocycles. The van der Waals surface area contributed by atoms with E-state index in [0.29, 0.717) is 21.8 Å². The lowest BCUT2D eigenvalue weighted by Crippen LogP contribution is -2.20. The fourth-order valence-corrected chi connectivity index (χ4v) is 3.38. The monoisotopic (exact) mass is 400 g/mol. The topological polar surface area (TPSA) is 51.2 Å². The van der Waals surface area contributed by atoms with Crippen molar-refractivity contribution < 1.29 is 9.53 Å². The van der Waals surface area contributed by atoms with E-state index < -0.39 is 0 Å². The van der Waals surface area contributed by atoms with E-state index in [1.54, 1.807) is 24.3 Å². The van der Waals surface area contributed by atoms with Gasteiger partial charge in [0.15, 0.2) is 11.7 Å². The standard InChI is InChI=1S/C21H21ClN2O2S/c1-3-14(2)15-4-6-16(7-5-15)19-13-27-21(23-19)24-20(25)12-26-18-10-8-17(22)9-11-18/h4-11,13-14H,3,12H2,1-2H3,(H,23,24,25). The zero-order chi connectivity index (χ0) is 19.2. The molecule has 0 spiro atoms. The molecule has 1 atom stereocenters. The Morgan fingerprint density at radius 1 is 1.19 bits per heavy atom. The third-order valence-electron chi connectivity index (χ3n) is 4.32. The first kappa shape index (κ1) is 19.4. The minimum absolute atomic E-state index is 0.0832. The smallest absolute Gasteiger partial charge is 0.264 e. The van der Waals surface area contributed by atoms with Gasteiger partial charge in [-0.15, -0.1) is 11.3 Å². The maximum absolute atomic E-state index is 12.1. The Balaban J connectivity index is 1.57. The second-order valence-corrected chi connectivity index (χ2v) is 7.55. The Morgan fingerprint density at radius 3 is 2.56 bits per heavy atom. The maximum Gasteiger partial charge on any atom is 0.264 e. The van der Waals surface area contributed by atoms with Crippen LogP contribution < -0.4 is 10.1 Å². The van der Waals surface area contributed by atoms with Gasteiger partial charge in [-0.3, -0.25) is 10.1 Å². The Labute approximate surface area is 168 Å². The molecule has 1 heterocycles. The van der Waals surface area contributed by atoms with Gasteiger partial charge in [-0.2, -0.15) is 0 Å². The molecule has 6 heteroatoms. The molecule has 3 aromatic rings. The van der Waals surface area contributed by atoms with Crippen molar-refractivity contribution in [3.8, 4) is 17.0 Å². The number of nitrogens with one attached hydrogen (secondary N) is 1. The van der Waals surface area contributed by atoms with Crippen molar-refractivity contribution in [2.75, 3.05) is 11.9 Å². The molecule has 0 saturated heterocycles. The zero-order valence-electron chi connectivity index (χ0n) is 15.2. The Kier molecular flexibility index (Phi) is 6.48. The molecule has 1 amide bonds. The molecule has 3 rings (SSSR count). The summed E-state index contributed by atoms with van der Waals surface area (Å²) in [6.45, 7) is 4.32. The van der Waals surface area contributed by atoms with Crippen LogP contribution in [0.15, 0.2) is 53.9 Å². The molecular formula is C21H21ClN2O2S. The molecule has 0 saturated carbocycles. The van der Waals surface area contributed by atoms with Crippen LogP contribution in [0.2, 0.25) is 5.02 Å². The number of hydrogen-bond donors (Lipinski definition) is 1. The summed E-state index contributed by atoms with van der Waals surface area (Å²) in [5, 5.41) is 5.89. The summed E-state index contributed by atoms with van der Waals surface area (Å²) in [6, 6.07) is 15.3. The minimum atomic E-state index is -0.252. The van der Waals surface area contributed by atoms with E-state index in [0.717, 1.165) is 17.7 Å². The molecule has 0 radical (unpaired) electrons. The van der Waals surface area contributed by atoms with Crippen LogP contribution in [0.4, 0.5) is 5.13 Å². The largest absolute Gasteiger partial charge is 0.484 e. The Morgan fingerprint density at radius 2 is 1.89 bits per heavy atom. The number of rotatable bonds is 7. The number of halogens is 1. The van der Waals surface area contributed by atoms with Gasteiger partial charge < -0.3 is 4.74 Å². The first-order chi connectivity index (χ1) is 13.0. The number of hydrogen-bond acceptors (Lipinski definition) is 4. The van der Waals surface area contributed by atoms with E-state index in [-0.39, 0.29) is 12.5 Å². The summed E-state index contributed by atoms with van der Waals surface area (Å²) in [6.07, 6.45) is 1.12. The number of carbonyl (C=O) groups excluding carboxylic acids is 1. The third-order valence-corrected chi connectivity index (χ3v) is 5.33. The number of benzene rings is 2. The van der Waals surface area contributed by atoms with Crippen LogP contribution >= 0.6 is 22.9 Å². The highest BCUT2D eigenvalue weighted by molar-refractivity contribution is 7.14. The van der Waals surface area contributed by atoms with Crippen molar-refractivity contribution in [3.05, 3.63) is 64.5 Å². The van der Waals surface area contributed by atoms with Crippen LogP contribution in [0.5, 0.6) is 5.75 Å². The molecule has 0 aliphatic carbocycles. The van der Waals surface area contributed by atoms with E-state index in [2.05, 4.69) is 48.4 Å². The number of ether oxygens (including phenoxy) is 1. The number of carbonyl (C=O) groups is 1. The highest BCUT2D eigenvalue weighted by atomic mass is 35.5. The van der Waals surface area contributed by atoms with Gasteiger partial charge in [0.05, 0.1) is 5.69 Å². The predicted octanol–water partition coefficient (Wildman–Crippen LogP) is 5.99. The summed E-state index contributed by atoms with van der Waals surface area (Å²) < 4.78 is 5.44. The molecule has 27 heavy (non-hydrogen) atoms. The summed E-state index contributed by atoms with van der Waals surface area (Å²) in [7, 11) is 0. The first-order valence-electron chi connectivity index (χ1n) is 8.79. The predicted molar refractivity (Wildman–Crippen MR) is 112 cm³/mol. The second kappa shape index (κ2) is 9.02. The highest BCUT2D eigenvalue weighted by Crippen LogP contribution is 2.27. The van der Waals surface area contributed by atoms with Gasteiger partial charge in [0.2, 0.25) is 0 Å². The van der Waals surface area contributed by atoms with E-state index in [1.807, 2.05) is 5.38 Å². The number of amides is 1. The molecule has 1 unspecified atom stereocenters. The SMILES string of the molecule is CCC(C)c1ccc(-c2csc(NC(=O)COc3ccc(Cl)cc3)n2)cc1. The molecule has 0 aliphatic heterocycles. The van der Waals surface area contributed by atoms with Gasteiger partial charge in [0, 0.05) is 16.0 Å². The average Bonchev–Trinajstić information content (AvgIpc) is 3.15. The fourth-order valence-electron chi connectivity index (χ4n) is 2.52.